The Hall–Kier alpha value is 0.310. The highest BCUT2D eigenvalue weighted by atomic mass is 32.1. The smallest absolute Gasteiger partial charge is 0.00671 e. The Morgan fingerprint density at radius 3 is 2.60 bits per heavy atom. The zero-order valence-corrected chi connectivity index (χ0v) is 10.9. The molecule has 0 bridgehead atoms. The van der Waals surface area contributed by atoms with Crippen molar-refractivity contribution >= 4 is 12.6 Å². The lowest BCUT2D eigenvalue weighted by Crippen LogP contribution is -2.46. The molecule has 1 atom stereocenters. The van der Waals surface area contributed by atoms with Gasteiger partial charge in [-0.15, -0.1) is 0 Å². The van der Waals surface area contributed by atoms with Gasteiger partial charge in [0.1, 0.15) is 0 Å². The fourth-order valence-corrected chi connectivity index (χ4v) is 3.46. The molecule has 1 saturated carbocycles. The summed E-state index contributed by atoms with van der Waals surface area (Å²) in [5.41, 5.74) is 0.585. The van der Waals surface area contributed by atoms with E-state index in [0.717, 1.165) is 11.8 Å². The van der Waals surface area contributed by atoms with Gasteiger partial charge in [-0.25, -0.2) is 0 Å². The van der Waals surface area contributed by atoms with Gasteiger partial charge in [0.25, 0.3) is 0 Å². The van der Waals surface area contributed by atoms with Crippen molar-refractivity contribution in [1.82, 2.24) is 4.90 Å². The van der Waals surface area contributed by atoms with Crippen LogP contribution in [0.5, 0.6) is 0 Å². The molecule has 0 spiro atoms. The van der Waals surface area contributed by atoms with Gasteiger partial charge in [0.05, 0.1) is 0 Å². The lowest BCUT2D eigenvalue weighted by molar-refractivity contribution is 0.0701. The number of thiol groups is 1. The van der Waals surface area contributed by atoms with E-state index in [1.54, 1.807) is 0 Å². The number of likely N-dealkylation sites (tertiary alicyclic amines) is 1. The summed E-state index contributed by atoms with van der Waals surface area (Å²) < 4.78 is 0. The van der Waals surface area contributed by atoms with Crippen LogP contribution >= 0.6 is 12.6 Å². The molecule has 2 rings (SSSR count). The van der Waals surface area contributed by atoms with Crippen LogP contribution in [-0.4, -0.2) is 29.8 Å². The zero-order chi connectivity index (χ0) is 10.7. The molecule has 2 aliphatic rings. The number of rotatable bonds is 3. The zero-order valence-electron chi connectivity index (χ0n) is 10.0. The molecule has 0 amide bonds. The van der Waals surface area contributed by atoms with Crippen LogP contribution in [0.4, 0.5) is 0 Å². The van der Waals surface area contributed by atoms with E-state index in [0.29, 0.717) is 5.41 Å². The van der Waals surface area contributed by atoms with Crippen molar-refractivity contribution in [2.75, 3.05) is 18.8 Å². The third-order valence-corrected chi connectivity index (χ3v) is 5.15. The van der Waals surface area contributed by atoms with E-state index in [2.05, 4.69) is 24.5 Å². The Bertz CT molecular complexity index is 195. The molecular formula is C13H25NS. The van der Waals surface area contributed by atoms with Gasteiger partial charge in [-0.2, -0.15) is 12.6 Å². The van der Waals surface area contributed by atoms with Crippen molar-refractivity contribution < 1.29 is 0 Å². The largest absolute Gasteiger partial charge is 0.300 e. The highest BCUT2D eigenvalue weighted by Crippen LogP contribution is 2.43. The Balaban J connectivity index is 1.90. The second kappa shape index (κ2) is 5.09. The van der Waals surface area contributed by atoms with Gasteiger partial charge in [-0.05, 0) is 50.3 Å². The van der Waals surface area contributed by atoms with E-state index in [4.69, 9.17) is 0 Å². The van der Waals surface area contributed by atoms with E-state index in [1.165, 1.54) is 58.0 Å². The van der Waals surface area contributed by atoms with Crippen molar-refractivity contribution in [3.05, 3.63) is 0 Å². The van der Waals surface area contributed by atoms with Gasteiger partial charge in [-0.1, -0.05) is 19.3 Å². The van der Waals surface area contributed by atoms with E-state index in [1.807, 2.05) is 0 Å². The van der Waals surface area contributed by atoms with Crippen LogP contribution in [-0.2, 0) is 0 Å². The molecule has 1 aliphatic carbocycles. The van der Waals surface area contributed by atoms with E-state index >= 15 is 0 Å². The molecule has 1 heterocycles. The molecule has 1 unspecified atom stereocenters. The maximum atomic E-state index is 4.56. The molecule has 88 valence electrons. The molecule has 0 aromatic carbocycles. The van der Waals surface area contributed by atoms with Crippen LogP contribution in [0.15, 0.2) is 0 Å². The molecule has 0 radical (unpaired) electrons. The quantitative estimate of drug-likeness (QED) is 0.724. The molecule has 0 N–H and O–H groups in total. The third-order valence-electron chi connectivity index (χ3n) is 4.48. The lowest BCUT2D eigenvalue weighted by Gasteiger charge is -2.45. The second-order valence-electron chi connectivity index (χ2n) is 5.68. The Kier molecular flexibility index (Phi) is 4.00. The summed E-state index contributed by atoms with van der Waals surface area (Å²) >= 11 is 4.56. The van der Waals surface area contributed by atoms with Crippen molar-refractivity contribution in [3.8, 4) is 0 Å². The highest BCUT2D eigenvalue weighted by molar-refractivity contribution is 7.80. The Labute approximate surface area is 100 Å². The molecule has 1 nitrogen and oxygen atoms in total. The lowest BCUT2D eigenvalue weighted by atomic mass is 9.69. The molecular weight excluding hydrogens is 202 g/mol. The summed E-state index contributed by atoms with van der Waals surface area (Å²) in [6.07, 6.45) is 9.96. The molecule has 1 saturated heterocycles. The molecule has 2 fully saturated rings. The first-order valence-electron chi connectivity index (χ1n) is 6.61. The Morgan fingerprint density at radius 1 is 1.20 bits per heavy atom. The molecule has 1 aliphatic heterocycles. The van der Waals surface area contributed by atoms with Crippen LogP contribution in [0.2, 0.25) is 0 Å². The van der Waals surface area contributed by atoms with Crippen molar-refractivity contribution in [1.29, 1.82) is 0 Å². The maximum absolute atomic E-state index is 4.56. The normalized spacial score (nSPS) is 32.0. The SMILES string of the molecule is CC1CCCCCN1CC1(CS)CCC1. The fraction of sp³-hybridized carbons (Fsp3) is 1.00. The van der Waals surface area contributed by atoms with Gasteiger partial charge >= 0.3 is 0 Å². The monoisotopic (exact) mass is 227 g/mol. The minimum absolute atomic E-state index is 0.585. The van der Waals surface area contributed by atoms with Crippen LogP contribution in [0.3, 0.4) is 0 Å². The summed E-state index contributed by atoms with van der Waals surface area (Å²) in [4.78, 5) is 2.74. The molecule has 2 heteroatoms. The first-order valence-corrected chi connectivity index (χ1v) is 7.24. The van der Waals surface area contributed by atoms with E-state index in [9.17, 15) is 0 Å². The maximum Gasteiger partial charge on any atom is 0.00671 e. The standard InChI is InChI=1S/C13H25NS/c1-12-6-3-2-4-9-14(12)10-13(11-15)7-5-8-13/h12,15H,2-11H2,1H3. The number of nitrogens with zero attached hydrogens (tertiary/aromatic N) is 1. The van der Waals surface area contributed by atoms with Gasteiger partial charge in [0, 0.05) is 12.6 Å². The van der Waals surface area contributed by atoms with Crippen LogP contribution in [0.25, 0.3) is 0 Å². The topological polar surface area (TPSA) is 3.24 Å². The molecule has 15 heavy (non-hydrogen) atoms. The van der Waals surface area contributed by atoms with Crippen molar-refractivity contribution in [2.24, 2.45) is 5.41 Å². The van der Waals surface area contributed by atoms with Crippen molar-refractivity contribution in [2.45, 2.75) is 57.9 Å². The average Bonchev–Trinajstić information content (AvgIpc) is 2.37. The summed E-state index contributed by atoms with van der Waals surface area (Å²) in [5.74, 6) is 1.09. The molecule has 0 aromatic heterocycles. The summed E-state index contributed by atoms with van der Waals surface area (Å²) in [5, 5.41) is 0. The predicted molar refractivity (Wildman–Crippen MR) is 69.6 cm³/mol. The van der Waals surface area contributed by atoms with Crippen LogP contribution in [0.1, 0.15) is 51.9 Å². The minimum Gasteiger partial charge on any atom is -0.300 e. The average molecular weight is 227 g/mol. The second-order valence-corrected chi connectivity index (χ2v) is 6.00. The van der Waals surface area contributed by atoms with Gasteiger partial charge in [-0.3, -0.25) is 0 Å². The minimum atomic E-state index is 0.585. The third kappa shape index (κ3) is 2.71. The predicted octanol–water partition coefficient (Wildman–Crippen LogP) is 3.35. The molecule has 0 aromatic rings. The van der Waals surface area contributed by atoms with Crippen molar-refractivity contribution in [3.63, 3.8) is 0 Å². The number of hydrogen-bond donors (Lipinski definition) is 1. The Morgan fingerprint density at radius 2 is 2.00 bits per heavy atom. The number of hydrogen-bond acceptors (Lipinski definition) is 2. The summed E-state index contributed by atoms with van der Waals surface area (Å²) in [6, 6.07) is 0.810. The van der Waals surface area contributed by atoms with E-state index in [-0.39, 0.29) is 0 Å². The first-order chi connectivity index (χ1) is 7.26. The van der Waals surface area contributed by atoms with Crippen LogP contribution < -0.4 is 0 Å². The summed E-state index contributed by atoms with van der Waals surface area (Å²) in [7, 11) is 0. The van der Waals surface area contributed by atoms with E-state index < -0.39 is 0 Å². The van der Waals surface area contributed by atoms with Gasteiger partial charge in [0.15, 0.2) is 0 Å². The van der Waals surface area contributed by atoms with Gasteiger partial charge in [0.2, 0.25) is 0 Å². The first kappa shape index (κ1) is 11.8. The fourth-order valence-electron chi connectivity index (χ4n) is 3.04. The van der Waals surface area contributed by atoms with Gasteiger partial charge < -0.3 is 4.90 Å². The van der Waals surface area contributed by atoms with Crippen LogP contribution in [0, 0.1) is 5.41 Å². The highest BCUT2D eigenvalue weighted by Gasteiger charge is 2.38. The summed E-state index contributed by atoms with van der Waals surface area (Å²) in [6.45, 7) is 5.06.